The van der Waals surface area contributed by atoms with E-state index in [4.69, 9.17) is 14.8 Å². The number of para-hydroxylation sites is 1. The Kier molecular flexibility index (Phi) is 6.59. The Bertz CT molecular complexity index is 980. The number of furan rings is 1. The van der Waals surface area contributed by atoms with Crippen LogP contribution in [0.4, 0.5) is 5.69 Å². The Balaban J connectivity index is 0.000000198. The van der Waals surface area contributed by atoms with Crippen molar-refractivity contribution in [2.75, 3.05) is 5.32 Å². The quantitative estimate of drug-likeness (QED) is 0.275. The molecule has 142 valence electrons. The van der Waals surface area contributed by atoms with Gasteiger partial charge >= 0.3 is 94.4 Å². The van der Waals surface area contributed by atoms with Gasteiger partial charge in [-0.15, -0.1) is 0 Å². The van der Waals surface area contributed by atoms with E-state index in [0.717, 1.165) is 5.39 Å². The Labute approximate surface area is 156 Å². The number of carbonyl (C=O) groups excluding carboxylic acids is 1. The van der Waals surface area contributed by atoms with Gasteiger partial charge in [0, 0.05) is 5.39 Å². The molecule has 1 atom stereocenters. The Morgan fingerprint density at radius 3 is 2.41 bits per heavy atom. The van der Waals surface area contributed by atoms with Crippen molar-refractivity contribution >= 4 is 47.1 Å². The molecular weight excluding hydrogens is 421 g/mol. The Morgan fingerprint density at radius 2 is 1.81 bits per heavy atom. The van der Waals surface area contributed by atoms with Crippen LogP contribution in [-0.2, 0) is 12.4 Å². The number of hydrogen-bond acceptors (Lipinski definition) is 6. The van der Waals surface area contributed by atoms with Crippen LogP contribution in [0.5, 0.6) is 0 Å². The summed E-state index contributed by atoms with van der Waals surface area (Å²) < 4.78 is 29.0. The van der Waals surface area contributed by atoms with Crippen LogP contribution in [0.3, 0.4) is 0 Å². The predicted molar refractivity (Wildman–Crippen MR) is 95.9 cm³/mol. The fourth-order valence-electron chi connectivity index (χ4n) is 2.10. The molecule has 0 saturated carbocycles. The van der Waals surface area contributed by atoms with Gasteiger partial charge in [0.05, 0.1) is 0 Å². The number of hydrogen-bond donors (Lipinski definition) is 4. The smallest absolute Gasteiger partial charge is 0.371 e. The minimum Gasteiger partial charge on any atom is -0.475 e. The van der Waals surface area contributed by atoms with Gasteiger partial charge < -0.3 is 9.52 Å². The van der Waals surface area contributed by atoms with Crippen LogP contribution in [0, 0.1) is 0 Å². The fourth-order valence-corrected chi connectivity index (χ4v) is 3.50. The van der Waals surface area contributed by atoms with Gasteiger partial charge in [0.1, 0.15) is 5.58 Å². The number of carbonyl (C=O) groups is 2. The van der Waals surface area contributed by atoms with Crippen molar-refractivity contribution in [2.24, 2.45) is 0 Å². The number of nitrogens with one attached hydrogen (secondary N) is 1. The third kappa shape index (κ3) is 5.57. The summed E-state index contributed by atoms with van der Waals surface area (Å²) in [6.45, 7) is 1.32. The number of amides is 1. The topological polar surface area (TPSA) is 146 Å². The molecule has 10 heteroatoms. The van der Waals surface area contributed by atoms with Gasteiger partial charge in [-0.1, -0.05) is 18.2 Å². The van der Waals surface area contributed by atoms with Gasteiger partial charge in [-0.2, -0.15) is 0 Å². The normalized spacial score (nSPS) is 12.6. The van der Waals surface area contributed by atoms with E-state index in [1.165, 1.54) is 31.2 Å². The van der Waals surface area contributed by atoms with Gasteiger partial charge in [0.2, 0.25) is 5.76 Å². The molecule has 27 heavy (non-hydrogen) atoms. The first kappa shape index (κ1) is 20.5. The summed E-state index contributed by atoms with van der Waals surface area (Å²) >= 11 is -4.83. The van der Waals surface area contributed by atoms with Crippen LogP contribution in [0.25, 0.3) is 11.0 Å². The maximum absolute atomic E-state index is 11.3. The van der Waals surface area contributed by atoms with E-state index in [1.807, 2.05) is 12.1 Å². The van der Waals surface area contributed by atoms with Crippen molar-refractivity contribution < 1.29 is 36.1 Å². The fraction of sp³-hybridized carbons (Fsp3) is 0.0588. The molecule has 0 aliphatic rings. The van der Waals surface area contributed by atoms with Crippen molar-refractivity contribution in [2.45, 2.75) is 6.92 Å². The SMILES string of the molecule is CC(=O)Nc1cccc([As](=O)(O)OO)c1.O=C(O)c1cc2ccccc2o1. The summed E-state index contributed by atoms with van der Waals surface area (Å²) in [6.07, 6.45) is 0. The number of aromatic carboxylic acids is 1. The summed E-state index contributed by atoms with van der Waals surface area (Å²) in [5, 5.41) is 20.1. The monoisotopic (exact) mass is 437 g/mol. The first-order valence-corrected chi connectivity index (χ1v) is 10.8. The molecule has 0 saturated heterocycles. The molecule has 0 fully saturated rings. The zero-order chi connectivity index (χ0) is 20.0. The molecule has 1 amide bonds. The number of rotatable bonds is 4. The summed E-state index contributed by atoms with van der Waals surface area (Å²) in [4.78, 5) is 21.2. The van der Waals surface area contributed by atoms with E-state index in [2.05, 4.69) is 9.19 Å². The number of benzene rings is 2. The first-order valence-electron chi connectivity index (χ1n) is 7.49. The van der Waals surface area contributed by atoms with Crippen LogP contribution >= 0.6 is 0 Å². The van der Waals surface area contributed by atoms with Crippen molar-refractivity contribution in [3.63, 3.8) is 0 Å². The molecule has 1 heterocycles. The number of fused-ring (bicyclic) bond motifs is 1. The predicted octanol–water partition coefficient (Wildman–Crippen LogP) is 1.83. The van der Waals surface area contributed by atoms with Gasteiger partial charge in [-0.25, -0.2) is 4.79 Å². The molecule has 0 bridgehead atoms. The first-order chi connectivity index (χ1) is 12.7. The van der Waals surface area contributed by atoms with E-state index in [0.29, 0.717) is 11.3 Å². The van der Waals surface area contributed by atoms with Crippen LogP contribution in [0.2, 0.25) is 0 Å². The van der Waals surface area contributed by atoms with E-state index in [-0.39, 0.29) is 16.0 Å². The second-order valence-electron chi connectivity index (χ2n) is 5.29. The van der Waals surface area contributed by atoms with Crippen LogP contribution in [0.15, 0.2) is 59.0 Å². The molecule has 2 aromatic carbocycles. The second kappa shape index (κ2) is 8.70. The van der Waals surface area contributed by atoms with Crippen molar-refractivity contribution in [3.05, 3.63) is 60.4 Å². The molecule has 4 N–H and O–H groups in total. The molecule has 1 unspecified atom stereocenters. The van der Waals surface area contributed by atoms with Gasteiger partial charge in [0.25, 0.3) is 0 Å². The zero-order valence-electron chi connectivity index (χ0n) is 14.0. The van der Waals surface area contributed by atoms with Crippen LogP contribution in [0.1, 0.15) is 17.5 Å². The van der Waals surface area contributed by atoms with Crippen molar-refractivity contribution in [1.29, 1.82) is 0 Å². The van der Waals surface area contributed by atoms with Crippen LogP contribution < -0.4 is 9.67 Å². The standard InChI is InChI=1S/C9H6O3.C8H10AsNO5/c10-9(11)8-5-6-3-1-2-4-7(6)12-8;1-6(11)10-8-4-2-3-7(5-8)9(12,13)15-14/h1-5H,(H,10,11);2-5,14H,1H3,(H,10,11)(H,12,13). The molecule has 3 rings (SSSR count). The maximum atomic E-state index is 11.3. The third-order valence-electron chi connectivity index (χ3n) is 3.24. The molecule has 0 aliphatic heterocycles. The van der Waals surface area contributed by atoms with E-state index < -0.39 is 20.1 Å². The summed E-state index contributed by atoms with van der Waals surface area (Å²) in [6, 6.07) is 14.3. The number of carboxylic acid groups (broad SMARTS) is 1. The van der Waals surface area contributed by atoms with Gasteiger partial charge in [0.15, 0.2) is 0 Å². The van der Waals surface area contributed by atoms with E-state index >= 15 is 0 Å². The largest absolute Gasteiger partial charge is 0.475 e. The van der Waals surface area contributed by atoms with Crippen LogP contribution in [-0.4, -0.2) is 40.5 Å². The van der Waals surface area contributed by atoms with Gasteiger partial charge in [-0.3, -0.25) is 0 Å². The van der Waals surface area contributed by atoms with Crippen molar-refractivity contribution in [1.82, 2.24) is 0 Å². The Hall–Kier alpha value is -2.84. The second-order valence-corrected chi connectivity index (χ2v) is 8.90. The molecular formula is C17H16AsNO8. The molecule has 0 radical (unpaired) electrons. The zero-order valence-corrected chi connectivity index (χ0v) is 15.9. The molecule has 1 aromatic heterocycles. The Morgan fingerprint density at radius 1 is 1.11 bits per heavy atom. The minimum atomic E-state index is -4.83. The summed E-state index contributed by atoms with van der Waals surface area (Å²) in [7, 11) is 0. The molecule has 9 nitrogen and oxygen atoms in total. The van der Waals surface area contributed by atoms with Gasteiger partial charge in [-0.05, 0) is 12.1 Å². The summed E-state index contributed by atoms with van der Waals surface area (Å²) in [5.74, 6) is -1.35. The van der Waals surface area contributed by atoms with E-state index in [1.54, 1.807) is 18.2 Å². The molecule has 0 spiro atoms. The number of anilines is 1. The average Bonchev–Trinajstić information content (AvgIpc) is 3.06. The minimum absolute atomic E-state index is 0.0174. The third-order valence-corrected chi connectivity index (χ3v) is 5.66. The average molecular weight is 437 g/mol. The van der Waals surface area contributed by atoms with E-state index in [9.17, 15) is 17.4 Å². The molecule has 3 aromatic rings. The molecule has 0 aliphatic carbocycles. The summed E-state index contributed by atoms with van der Waals surface area (Å²) in [5.41, 5.74) is 0.975. The maximum Gasteiger partial charge on any atom is 0.371 e. The van der Waals surface area contributed by atoms with Crippen molar-refractivity contribution in [3.8, 4) is 0 Å². The number of carboxylic acids is 1.